The molecule has 2 N–H and O–H groups in total. The van der Waals surface area contributed by atoms with Crippen LogP contribution in [0, 0.1) is 0 Å². The lowest BCUT2D eigenvalue weighted by molar-refractivity contribution is 0.265. The molecular weight excluding hydrogens is 312 g/mol. The van der Waals surface area contributed by atoms with Gasteiger partial charge in [0.25, 0.3) is 0 Å². The normalized spacial score (nSPS) is 12.4. The summed E-state index contributed by atoms with van der Waals surface area (Å²) in [6.07, 6.45) is 0.700. The molecule has 0 saturated heterocycles. The zero-order valence-electron chi connectivity index (χ0n) is 12.1. The summed E-state index contributed by atoms with van der Waals surface area (Å²) in [7, 11) is 0. The molecular formula is C17H18N2OS2. The van der Waals surface area contributed by atoms with Crippen molar-refractivity contribution in [2.24, 2.45) is 0 Å². The van der Waals surface area contributed by atoms with Crippen LogP contribution in [0.15, 0.2) is 52.5 Å². The van der Waals surface area contributed by atoms with Gasteiger partial charge in [-0.2, -0.15) is 11.3 Å². The summed E-state index contributed by atoms with van der Waals surface area (Å²) in [6.45, 7) is 0.879. The largest absolute Gasteiger partial charge is 0.396 e. The van der Waals surface area contributed by atoms with E-state index in [0.717, 1.165) is 10.7 Å². The molecule has 0 radical (unpaired) electrons. The maximum Gasteiger partial charge on any atom is 0.124 e. The molecule has 22 heavy (non-hydrogen) atoms. The first kappa shape index (κ1) is 15.4. The van der Waals surface area contributed by atoms with Gasteiger partial charge in [0.2, 0.25) is 0 Å². The molecule has 0 aliphatic rings. The first-order valence-electron chi connectivity index (χ1n) is 7.23. The second-order valence-corrected chi connectivity index (χ2v) is 6.65. The van der Waals surface area contributed by atoms with Gasteiger partial charge in [-0.05, 0) is 23.4 Å². The van der Waals surface area contributed by atoms with E-state index in [9.17, 15) is 5.11 Å². The Morgan fingerprint density at radius 3 is 2.73 bits per heavy atom. The predicted molar refractivity (Wildman–Crippen MR) is 93.2 cm³/mol. The Labute approximate surface area is 138 Å². The standard InChI is InChI=1S/C17H18N2OS2/c20-8-6-16(13-4-2-1-3-5-13)18-10-15-12-22-17(19-15)14-7-9-21-11-14/h1-5,7,9,11-12,16,18,20H,6,8,10H2/t16-/m1/s1. The molecule has 1 aromatic carbocycles. The van der Waals surface area contributed by atoms with Gasteiger partial charge in [0.05, 0.1) is 5.69 Å². The fraction of sp³-hybridized carbons (Fsp3) is 0.235. The number of nitrogens with one attached hydrogen (secondary N) is 1. The Balaban J connectivity index is 1.65. The fourth-order valence-corrected chi connectivity index (χ4v) is 3.87. The topological polar surface area (TPSA) is 45.1 Å². The maximum atomic E-state index is 9.27. The van der Waals surface area contributed by atoms with Crippen LogP contribution < -0.4 is 5.32 Å². The van der Waals surface area contributed by atoms with Crippen LogP contribution in [-0.2, 0) is 6.54 Å². The SMILES string of the molecule is OCC[C@@H](NCc1csc(-c2ccsc2)n1)c1ccccc1. The van der Waals surface area contributed by atoms with Crippen LogP contribution in [-0.4, -0.2) is 16.7 Å². The molecule has 0 bridgehead atoms. The van der Waals surface area contributed by atoms with Crippen molar-refractivity contribution < 1.29 is 5.11 Å². The minimum Gasteiger partial charge on any atom is -0.396 e. The number of aliphatic hydroxyl groups is 1. The number of thiophene rings is 1. The van der Waals surface area contributed by atoms with Crippen LogP contribution in [0.1, 0.15) is 23.7 Å². The number of thiazole rings is 1. The molecule has 0 spiro atoms. The van der Waals surface area contributed by atoms with E-state index in [1.54, 1.807) is 22.7 Å². The summed E-state index contributed by atoms with van der Waals surface area (Å²) in [6, 6.07) is 12.5. The van der Waals surface area contributed by atoms with Crippen molar-refractivity contribution in [1.29, 1.82) is 0 Å². The Bertz CT molecular complexity index is 680. The van der Waals surface area contributed by atoms with E-state index in [0.29, 0.717) is 13.0 Å². The van der Waals surface area contributed by atoms with Crippen molar-refractivity contribution in [2.75, 3.05) is 6.61 Å². The van der Waals surface area contributed by atoms with E-state index in [-0.39, 0.29) is 12.6 Å². The Kier molecular flexibility index (Phi) is 5.34. The number of hydrogen-bond acceptors (Lipinski definition) is 5. The lowest BCUT2D eigenvalue weighted by atomic mass is 10.0. The number of benzene rings is 1. The fourth-order valence-electron chi connectivity index (χ4n) is 2.34. The molecule has 0 saturated carbocycles. The monoisotopic (exact) mass is 330 g/mol. The van der Waals surface area contributed by atoms with E-state index >= 15 is 0 Å². The molecule has 0 fully saturated rings. The van der Waals surface area contributed by atoms with Crippen LogP contribution in [0.25, 0.3) is 10.6 Å². The van der Waals surface area contributed by atoms with Crippen LogP contribution >= 0.6 is 22.7 Å². The van der Waals surface area contributed by atoms with Crippen LogP contribution in [0.2, 0.25) is 0 Å². The first-order valence-corrected chi connectivity index (χ1v) is 9.05. The highest BCUT2D eigenvalue weighted by Gasteiger charge is 2.11. The van der Waals surface area contributed by atoms with E-state index in [4.69, 9.17) is 0 Å². The van der Waals surface area contributed by atoms with Gasteiger partial charge < -0.3 is 10.4 Å². The predicted octanol–water partition coefficient (Wildman–Crippen LogP) is 4.08. The molecule has 5 heteroatoms. The minimum atomic E-state index is 0.150. The van der Waals surface area contributed by atoms with Gasteiger partial charge in [-0.1, -0.05) is 30.3 Å². The molecule has 3 nitrogen and oxygen atoms in total. The van der Waals surface area contributed by atoms with E-state index < -0.39 is 0 Å². The summed E-state index contributed by atoms with van der Waals surface area (Å²) in [5, 5.41) is 20.1. The van der Waals surface area contributed by atoms with Gasteiger partial charge in [0, 0.05) is 35.5 Å². The average molecular weight is 330 g/mol. The maximum absolute atomic E-state index is 9.27. The number of aromatic nitrogens is 1. The zero-order valence-corrected chi connectivity index (χ0v) is 13.7. The molecule has 0 aliphatic carbocycles. The number of nitrogens with zero attached hydrogens (tertiary/aromatic N) is 1. The van der Waals surface area contributed by atoms with E-state index in [1.165, 1.54) is 11.1 Å². The van der Waals surface area contributed by atoms with Crippen molar-refractivity contribution in [3.8, 4) is 10.6 Å². The minimum absolute atomic E-state index is 0.150. The van der Waals surface area contributed by atoms with Crippen LogP contribution in [0.5, 0.6) is 0 Å². The van der Waals surface area contributed by atoms with Gasteiger partial charge in [0.15, 0.2) is 0 Å². The van der Waals surface area contributed by atoms with E-state index in [1.807, 2.05) is 18.2 Å². The highest BCUT2D eigenvalue weighted by molar-refractivity contribution is 7.14. The third-order valence-corrected chi connectivity index (χ3v) is 5.09. The molecule has 2 aromatic heterocycles. The molecule has 0 unspecified atom stereocenters. The molecule has 0 aliphatic heterocycles. The van der Waals surface area contributed by atoms with Crippen molar-refractivity contribution in [3.05, 3.63) is 63.8 Å². The first-order chi connectivity index (χ1) is 10.9. The molecule has 0 amide bonds. The molecule has 3 aromatic rings. The Morgan fingerprint density at radius 2 is 2.00 bits per heavy atom. The highest BCUT2D eigenvalue weighted by Crippen LogP contribution is 2.26. The summed E-state index contributed by atoms with van der Waals surface area (Å²) >= 11 is 3.36. The van der Waals surface area contributed by atoms with Crippen molar-refractivity contribution >= 4 is 22.7 Å². The van der Waals surface area contributed by atoms with Gasteiger partial charge in [-0.25, -0.2) is 4.98 Å². The highest BCUT2D eigenvalue weighted by atomic mass is 32.1. The summed E-state index contributed by atoms with van der Waals surface area (Å²) in [5.41, 5.74) is 3.44. The van der Waals surface area contributed by atoms with Crippen molar-refractivity contribution in [3.63, 3.8) is 0 Å². The number of rotatable bonds is 7. The van der Waals surface area contributed by atoms with Gasteiger partial charge >= 0.3 is 0 Å². The summed E-state index contributed by atoms with van der Waals surface area (Å²) < 4.78 is 0. The quantitative estimate of drug-likeness (QED) is 0.686. The summed E-state index contributed by atoms with van der Waals surface area (Å²) in [4.78, 5) is 4.68. The van der Waals surface area contributed by atoms with E-state index in [2.05, 4.69) is 44.6 Å². The zero-order chi connectivity index (χ0) is 15.2. The second kappa shape index (κ2) is 7.65. The average Bonchev–Trinajstić information content (AvgIpc) is 3.23. The Morgan fingerprint density at radius 1 is 1.14 bits per heavy atom. The number of aliphatic hydroxyl groups excluding tert-OH is 1. The van der Waals surface area contributed by atoms with Gasteiger partial charge in [-0.15, -0.1) is 11.3 Å². The molecule has 2 heterocycles. The lowest BCUT2D eigenvalue weighted by Gasteiger charge is -2.17. The molecule has 1 atom stereocenters. The van der Waals surface area contributed by atoms with Gasteiger partial charge in [0.1, 0.15) is 5.01 Å². The smallest absolute Gasteiger partial charge is 0.124 e. The second-order valence-electron chi connectivity index (χ2n) is 5.01. The lowest BCUT2D eigenvalue weighted by Crippen LogP contribution is -2.22. The van der Waals surface area contributed by atoms with Crippen molar-refractivity contribution in [2.45, 2.75) is 19.0 Å². The third kappa shape index (κ3) is 3.81. The molecule has 114 valence electrons. The third-order valence-electron chi connectivity index (χ3n) is 3.47. The Hall–Kier alpha value is -1.53. The number of hydrogen-bond donors (Lipinski definition) is 2. The van der Waals surface area contributed by atoms with Crippen LogP contribution in [0.3, 0.4) is 0 Å². The van der Waals surface area contributed by atoms with Crippen LogP contribution in [0.4, 0.5) is 0 Å². The molecule has 3 rings (SSSR count). The van der Waals surface area contributed by atoms with Gasteiger partial charge in [-0.3, -0.25) is 0 Å². The van der Waals surface area contributed by atoms with Crippen molar-refractivity contribution in [1.82, 2.24) is 10.3 Å². The summed E-state index contributed by atoms with van der Waals surface area (Å²) in [5.74, 6) is 0.